The topological polar surface area (TPSA) is 148 Å². The SMILES string of the molecule is Cl.O=C(Nc1ccc(N2CCC(c3n[nH]c(=O)o3)CC2)cc1)c1ccc([N+](=O)[O-])o1. The monoisotopic (exact) mass is 435 g/mol. The van der Waals surface area contributed by atoms with Crippen molar-refractivity contribution in [2.45, 2.75) is 18.8 Å². The van der Waals surface area contributed by atoms with E-state index in [9.17, 15) is 19.7 Å². The lowest BCUT2D eigenvalue weighted by Crippen LogP contribution is -2.32. The molecule has 0 bridgehead atoms. The maximum atomic E-state index is 12.1. The van der Waals surface area contributed by atoms with Crippen LogP contribution in [0, 0.1) is 10.1 Å². The Morgan fingerprint density at radius 1 is 1.17 bits per heavy atom. The number of rotatable bonds is 5. The standard InChI is InChI=1S/C18H17N5O6.ClH/c24-16(14-5-6-15(28-14)23(26)27)19-12-1-3-13(4-2-12)22-9-7-11(8-10-22)17-20-21-18(25)29-17;/h1-6,11H,7-10H2,(H,19,24)(H,21,25);1H. The van der Waals surface area contributed by atoms with Crippen molar-refractivity contribution < 1.29 is 18.6 Å². The highest BCUT2D eigenvalue weighted by molar-refractivity contribution is 6.02. The zero-order chi connectivity index (χ0) is 20.4. The molecule has 30 heavy (non-hydrogen) atoms. The molecule has 3 heterocycles. The molecule has 2 aromatic heterocycles. The summed E-state index contributed by atoms with van der Waals surface area (Å²) in [5.74, 6) is -1.15. The Labute approximate surface area is 175 Å². The maximum absolute atomic E-state index is 12.1. The predicted octanol–water partition coefficient (Wildman–Crippen LogP) is 2.92. The van der Waals surface area contributed by atoms with Crippen molar-refractivity contribution in [1.82, 2.24) is 10.2 Å². The lowest BCUT2D eigenvalue weighted by molar-refractivity contribution is -0.402. The van der Waals surface area contributed by atoms with Gasteiger partial charge in [0.05, 0.1) is 6.07 Å². The van der Waals surface area contributed by atoms with Gasteiger partial charge in [0, 0.05) is 30.4 Å². The molecule has 158 valence electrons. The molecule has 1 aromatic carbocycles. The number of piperidine rings is 1. The first-order valence-electron chi connectivity index (χ1n) is 8.95. The molecular weight excluding hydrogens is 418 g/mol. The first kappa shape index (κ1) is 21.1. The second-order valence-electron chi connectivity index (χ2n) is 6.61. The molecule has 0 saturated carbocycles. The molecule has 0 radical (unpaired) electrons. The Bertz CT molecular complexity index is 1080. The van der Waals surface area contributed by atoms with E-state index >= 15 is 0 Å². The fourth-order valence-electron chi connectivity index (χ4n) is 3.30. The number of nitrogens with one attached hydrogen (secondary N) is 2. The number of aromatic amines is 1. The van der Waals surface area contributed by atoms with Crippen LogP contribution in [0.15, 0.2) is 50.0 Å². The predicted molar refractivity (Wildman–Crippen MR) is 108 cm³/mol. The Hall–Kier alpha value is -3.60. The number of benzene rings is 1. The number of hydrogen-bond donors (Lipinski definition) is 2. The third-order valence-electron chi connectivity index (χ3n) is 4.78. The first-order chi connectivity index (χ1) is 14.0. The maximum Gasteiger partial charge on any atom is 0.434 e. The molecule has 2 N–H and O–H groups in total. The van der Waals surface area contributed by atoms with Gasteiger partial charge in [-0.15, -0.1) is 17.5 Å². The number of carbonyl (C=O) groups is 1. The van der Waals surface area contributed by atoms with E-state index in [0.717, 1.165) is 37.7 Å². The third-order valence-corrected chi connectivity index (χ3v) is 4.78. The molecule has 1 fully saturated rings. The molecule has 0 aliphatic carbocycles. The number of nitrogens with zero attached hydrogens (tertiary/aromatic N) is 3. The molecule has 0 atom stereocenters. The van der Waals surface area contributed by atoms with Crippen LogP contribution in [-0.2, 0) is 0 Å². The number of hydrogen-bond acceptors (Lipinski definition) is 8. The van der Waals surface area contributed by atoms with E-state index < -0.39 is 22.5 Å². The first-order valence-corrected chi connectivity index (χ1v) is 8.95. The van der Waals surface area contributed by atoms with Crippen molar-refractivity contribution >= 4 is 35.6 Å². The lowest BCUT2D eigenvalue weighted by Gasteiger charge is -2.32. The van der Waals surface area contributed by atoms with Gasteiger partial charge in [0.2, 0.25) is 5.89 Å². The van der Waals surface area contributed by atoms with Crippen LogP contribution in [0.2, 0.25) is 0 Å². The fraction of sp³-hybridized carbons (Fsp3) is 0.278. The molecule has 0 spiro atoms. The molecule has 1 aliphatic heterocycles. The molecule has 11 nitrogen and oxygen atoms in total. The second-order valence-corrected chi connectivity index (χ2v) is 6.61. The van der Waals surface area contributed by atoms with Crippen LogP contribution in [0.25, 0.3) is 0 Å². The summed E-state index contributed by atoms with van der Waals surface area (Å²) in [4.78, 5) is 35.4. The summed E-state index contributed by atoms with van der Waals surface area (Å²) in [6.07, 6.45) is 1.62. The smallest absolute Gasteiger partial charge is 0.395 e. The summed E-state index contributed by atoms with van der Waals surface area (Å²) in [5.41, 5.74) is 1.55. The Morgan fingerprint density at radius 2 is 1.87 bits per heavy atom. The molecule has 3 aromatic rings. The highest BCUT2D eigenvalue weighted by Gasteiger charge is 2.24. The van der Waals surface area contributed by atoms with Crippen LogP contribution >= 0.6 is 12.4 Å². The minimum Gasteiger partial charge on any atom is -0.395 e. The van der Waals surface area contributed by atoms with Crippen LogP contribution in [0.3, 0.4) is 0 Å². The average molecular weight is 436 g/mol. The molecular formula is C18H18ClN5O6. The number of halogens is 1. The number of carbonyl (C=O) groups excluding carboxylic acids is 1. The van der Waals surface area contributed by atoms with Crippen LogP contribution in [0.5, 0.6) is 0 Å². The number of nitro groups is 1. The van der Waals surface area contributed by atoms with Gasteiger partial charge >= 0.3 is 11.6 Å². The van der Waals surface area contributed by atoms with Gasteiger partial charge in [0.25, 0.3) is 5.91 Å². The molecule has 0 unspecified atom stereocenters. The number of anilines is 2. The van der Waals surface area contributed by atoms with Gasteiger partial charge in [-0.3, -0.25) is 14.9 Å². The Balaban J connectivity index is 0.00000256. The summed E-state index contributed by atoms with van der Waals surface area (Å²) in [7, 11) is 0. The van der Waals surface area contributed by atoms with Crippen molar-refractivity contribution in [2.75, 3.05) is 23.3 Å². The average Bonchev–Trinajstić information content (AvgIpc) is 3.38. The quantitative estimate of drug-likeness (QED) is 0.459. The van der Waals surface area contributed by atoms with E-state index in [4.69, 9.17) is 8.83 Å². The van der Waals surface area contributed by atoms with E-state index in [-0.39, 0.29) is 24.1 Å². The Kier molecular flexibility index (Phi) is 6.21. The van der Waals surface area contributed by atoms with Gasteiger partial charge in [-0.1, -0.05) is 0 Å². The number of furan rings is 1. The van der Waals surface area contributed by atoms with Crippen LogP contribution in [0.1, 0.15) is 35.2 Å². The highest BCUT2D eigenvalue weighted by Crippen LogP contribution is 2.29. The van der Waals surface area contributed by atoms with Gasteiger partial charge < -0.3 is 19.1 Å². The third kappa shape index (κ3) is 4.51. The molecule has 4 rings (SSSR count). The van der Waals surface area contributed by atoms with Crippen molar-refractivity contribution in [1.29, 1.82) is 0 Å². The molecule has 12 heteroatoms. The minimum absolute atomic E-state index is 0. The molecule has 1 amide bonds. The number of H-pyrrole nitrogens is 1. The normalized spacial score (nSPS) is 14.2. The van der Waals surface area contributed by atoms with E-state index in [1.54, 1.807) is 12.1 Å². The van der Waals surface area contributed by atoms with Gasteiger partial charge in [0.1, 0.15) is 4.92 Å². The van der Waals surface area contributed by atoms with E-state index in [0.29, 0.717) is 11.6 Å². The summed E-state index contributed by atoms with van der Waals surface area (Å²) in [6.45, 7) is 1.56. The van der Waals surface area contributed by atoms with Crippen molar-refractivity contribution in [2.24, 2.45) is 0 Å². The van der Waals surface area contributed by atoms with Gasteiger partial charge in [0.15, 0.2) is 5.76 Å². The van der Waals surface area contributed by atoms with E-state index in [2.05, 4.69) is 20.4 Å². The minimum atomic E-state index is -0.700. The van der Waals surface area contributed by atoms with Gasteiger partial charge in [-0.05, 0) is 43.2 Å². The summed E-state index contributed by atoms with van der Waals surface area (Å²) >= 11 is 0. The van der Waals surface area contributed by atoms with E-state index in [1.165, 1.54) is 6.07 Å². The van der Waals surface area contributed by atoms with Gasteiger partial charge in [-0.2, -0.15) is 0 Å². The molecule has 1 aliphatic rings. The van der Waals surface area contributed by atoms with Crippen molar-refractivity contribution in [3.8, 4) is 0 Å². The fourth-order valence-corrected chi connectivity index (χ4v) is 3.30. The van der Waals surface area contributed by atoms with Gasteiger partial charge in [-0.25, -0.2) is 9.89 Å². The number of amides is 1. The van der Waals surface area contributed by atoms with Crippen LogP contribution in [-0.4, -0.2) is 34.1 Å². The van der Waals surface area contributed by atoms with Crippen molar-refractivity contribution in [3.63, 3.8) is 0 Å². The summed E-state index contributed by atoms with van der Waals surface area (Å²) in [5, 5.41) is 19.5. The zero-order valence-electron chi connectivity index (χ0n) is 15.6. The second kappa shape index (κ2) is 8.82. The summed E-state index contributed by atoms with van der Waals surface area (Å²) in [6, 6.07) is 9.67. The number of aromatic nitrogens is 2. The highest BCUT2D eigenvalue weighted by atomic mass is 35.5. The summed E-state index contributed by atoms with van der Waals surface area (Å²) < 4.78 is 9.93. The van der Waals surface area contributed by atoms with E-state index in [1.807, 2.05) is 12.1 Å². The van der Waals surface area contributed by atoms with Crippen LogP contribution < -0.4 is 16.0 Å². The lowest BCUT2D eigenvalue weighted by atomic mass is 9.96. The Morgan fingerprint density at radius 3 is 2.43 bits per heavy atom. The molecule has 1 saturated heterocycles. The van der Waals surface area contributed by atoms with Crippen LogP contribution in [0.4, 0.5) is 17.3 Å². The zero-order valence-corrected chi connectivity index (χ0v) is 16.4. The van der Waals surface area contributed by atoms with Crippen molar-refractivity contribution in [3.05, 3.63) is 68.7 Å². The largest absolute Gasteiger partial charge is 0.434 e.